The van der Waals surface area contributed by atoms with Gasteiger partial charge in [-0.2, -0.15) is 5.26 Å². The second kappa shape index (κ2) is 6.68. The predicted molar refractivity (Wildman–Crippen MR) is 98.1 cm³/mol. The van der Waals surface area contributed by atoms with Gasteiger partial charge in [-0.05, 0) is 58.3 Å². The van der Waals surface area contributed by atoms with Gasteiger partial charge in [-0.1, -0.05) is 46.3 Å². The second-order valence-corrected chi connectivity index (χ2v) is 6.06. The van der Waals surface area contributed by atoms with Crippen LogP contribution in [0.3, 0.4) is 0 Å². The molecule has 0 amide bonds. The Balaban J connectivity index is 2.01. The Labute approximate surface area is 143 Å². The maximum Gasteiger partial charge on any atom is 0.119 e. The number of nitrogens with zero attached hydrogens (tertiary/aromatic N) is 1. The van der Waals surface area contributed by atoms with Crippen LogP contribution in [-0.2, 0) is 0 Å². The van der Waals surface area contributed by atoms with E-state index in [1.54, 1.807) is 7.11 Å². The third-order valence-electron chi connectivity index (χ3n) is 3.66. The summed E-state index contributed by atoms with van der Waals surface area (Å²) in [5.41, 5.74) is 2.55. The Morgan fingerprint density at radius 2 is 1.70 bits per heavy atom. The van der Waals surface area contributed by atoms with Crippen LogP contribution in [0, 0.1) is 11.3 Å². The number of benzene rings is 3. The van der Waals surface area contributed by atoms with E-state index < -0.39 is 0 Å². The molecule has 0 spiro atoms. The van der Waals surface area contributed by atoms with Gasteiger partial charge in [0.25, 0.3) is 0 Å². The zero-order valence-corrected chi connectivity index (χ0v) is 14.2. The molecule has 0 N–H and O–H groups in total. The molecule has 0 aromatic heterocycles. The van der Waals surface area contributed by atoms with Crippen molar-refractivity contribution in [3.8, 4) is 11.8 Å². The molecule has 3 aromatic rings. The van der Waals surface area contributed by atoms with Crippen LogP contribution < -0.4 is 4.74 Å². The minimum absolute atomic E-state index is 0.644. The molecule has 3 heteroatoms. The number of allylic oxidation sites excluding steroid dienone is 1. The number of ether oxygens (including phenoxy) is 1. The Bertz CT molecular complexity index is 921. The molecular formula is C20H14BrNO. The summed E-state index contributed by atoms with van der Waals surface area (Å²) in [6.45, 7) is 0. The van der Waals surface area contributed by atoms with Crippen molar-refractivity contribution in [3.63, 3.8) is 0 Å². The average molecular weight is 364 g/mol. The molecule has 0 atom stereocenters. The third kappa shape index (κ3) is 3.44. The SMILES string of the molecule is COc1ccc2cc(/C=C(/C#N)c3ccc(Br)cc3)ccc2c1. The number of hydrogen-bond donors (Lipinski definition) is 0. The van der Waals surface area contributed by atoms with Crippen LogP contribution in [0.2, 0.25) is 0 Å². The molecule has 3 aromatic carbocycles. The van der Waals surface area contributed by atoms with Gasteiger partial charge in [0.15, 0.2) is 0 Å². The lowest BCUT2D eigenvalue weighted by atomic mass is 10.0. The zero-order chi connectivity index (χ0) is 16.2. The van der Waals surface area contributed by atoms with E-state index in [-0.39, 0.29) is 0 Å². The minimum atomic E-state index is 0.644. The molecule has 0 unspecified atom stereocenters. The molecule has 112 valence electrons. The van der Waals surface area contributed by atoms with E-state index >= 15 is 0 Å². The quantitative estimate of drug-likeness (QED) is 0.443. The molecule has 0 saturated heterocycles. The first-order valence-corrected chi connectivity index (χ1v) is 7.94. The van der Waals surface area contributed by atoms with Gasteiger partial charge in [-0.15, -0.1) is 0 Å². The van der Waals surface area contributed by atoms with E-state index in [4.69, 9.17) is 4.74 Å². The summed E-state index contributed by atoms with van der Waals surface area (Å²) in [5.74, 6) is 0.841. The zero-order valence-electron chi connectivity index (χ0n) is 12.6. The lowest BCUT2D eigenvalue weighted by molar-refractivity contribution is 0.415. The fraction of sp³-hybridized carbons (Fsp3) is 0.0500. The number of fused-ring (bicyclic) bond motifs is 1. The third-order valence-corrected chi connectivity index (χ3v) is 4.19. The molecule has 0 fully saturated rings. The van der Waals surface area contributed by atoms with E-state index in [9.17, 15) is 5.26 Å². The van der Waals surface area contributed by atoms with E-state index in [0.29, 0.717) is 5.57 Å². The molecule has 0 aliphatic carbocycles. The van der Waals surface area contributed by atoms with Crippen molar-refractivity contribution in [3.05, 3.63) is 76.3 Å². The van der Waals surface area contributed by atoms with Gasteiger partial charge in [0, 0.05) is 4.47 Å². The molecule has 0 bridgehead atoms. The lowest BCUT2D eigenvalue weighted by Crippen LogP contribution is -1.84. The number of halogens is 1. The first-order chi connectivity index (χ1) is 11.2. The fourth-order valence-corrected chi connectivity index (χ4v) is 2.70. The normalized spacial score (nSPS) is 11.3. The lowest BCUT2D eigenvalue weighted by Gasteiger charge is -2.04. The van der Waals surface area contributed by atoms with Crippen molar-refractivity contribution in [2.45, 2.75) is 0 Å². The monoisotopic (exact) mass is 363 g/mol. The first kappa shape index (κ1) is 15.3. The molecule has 0 saturated carbocycles. The molecule has 0 aliphatic rings. The van der Waals surface area contributed by atoms with Crippen LogP contribution in [-0.4, -0.2) is 7.11 Å². The summed E-state index contributed by atoms with van der Waals surface area (Å²) in [6, 6.07) is 22.1. The van der Waals surface area contributed by atoms with Crippen molar-refractivity contribution >= 4 is 38.4 Å². The number of methoxy groups -OCH3 is 1. The highest BCUT2D eigenvalue weighted by molar-refractivity contribution is 9.10. The molecule has 0 heterocycles. The van der Waals surface area contributed by atoms with Gasteiger partial charge in [0.2, 0.25) is 0 Å². The topological polar surface area (TPSA) is 33.0 Å². The van der Waals surface area contributed by atoms with Crippen LogP contribution in [0.15, 0.2) is 65.1 Å². The molecule has 3 rings (SSSR count). The van der Waals surface area contributed by atoms with Crippen molar-refractivity contribution < 1.29 is 4.74 Å². The Kier molecular flexibility index (Phi) is 4.45. The highest BCUT2D eigenvalue weighted by Crippen LogP contribution is 2.25. The van der Waals surface area contributed by atoms with Gasteiger partial charge >= 0.3 is 0 Å². The summed E-state index contributed by atoms with van der Waals surface area (Å²) in [4.78, 5) is 0. The van der Waals surface area contributed by atoms with Crippen LogP contribution in [0.1, 0.15) is 11.1 Å². The number of nitriles is 1. The average Bonchev–Trinajstić information content (AvgIpc) is 2.60. The van der Waals surface area contributed by atoms with Crippen LogP contribution >= 0.6 is 15.9 Å². The van der Waals surface area contributed by atoms with Crippen molar-refractivity contribution in [2.75, 3.05) is 7.11 Å². The van der Waals surface area contributed by atoms with Crippen molar-refractivity contribution in [1.82, 2.24) is 0 Å². The van der Waals surface area contributed by atoms with E-state index in [1.807, 2.05) is 60.7 Å². The van der Waals surface area contributed by atoms with Crippen LogP contribution in [0.4, 0.5) is 0 Å². The molecule has 2 nitrogen and oxygen atoms in total. The standard InChI is InChI=1S/C20H14BrNO/c1-23-20-9-6-16-10-14(2-3-17(16)12-20)11-18(13-22)15-4-7-19(21)8-5-15/h2-12H,1H3/b18-11-. The van der Waals surface area contributed by atoms with Gasteiger partial charge < -0.3 is 4.74 Å². The van der Waals surface area contributed by atoms with E-state index in [1.165, 1.54) is 0 Å². The summed E-state index contributed by atoms with van der Waals surface area (Å²) >= 11 is 3.41. The van der Waals surface area contributed by atoms with Gasteiger partial charge in [0.1, 0.15) is 5.75 Å². The maximum atomic E-state index is 9.45. The summed E-state index contributed by atoms with van der Waals surface area (Å²) in [6.07, 6.45) is 1.91. The van der Waals surface area contributed by atoms with E-state index in [0.717, 1.165) is 32.1 Å². The number of rotatable bonds is 3. The molecule has 0 radical (unpaired) electrons. The Morgan fingerprint density at radius 1 is 1.00 bits per heavy atom. The Hall–Kier alpha value is -2.57. The summed E-state index contributed by atoms with van der Waals surface area (Å²) < 4.78 is 6.24. The van der Waals surface area contributed by atoms with Crippen LogP contribution in [0.5, 0.6) is 5.75 Å². The van der Waals surface area contributed by atoms with Crippen molar-refractivity contribution in [1.29, 1.82) is 5.26 Å². The van der Waals surface area contributed by atoms with E-state index in [2.05, 4.69) is 28.1 Å². The first-order valence-electron chi connectivity index (χ1n) is 7.15. The largest absolute Gasteiger partial charge is 0.497 e. The molecular weight excluding hydrogens is 350 g/mol. The fourth-order valence-electron chi connectivity index (χ4n) is 2.44. The predicted octanol–water partition coefficient (Wildman–Crippen LogP) is 5.68. The second-order valence-electron chi connectivity index (χ2n) is 5.15. The van der Waals surface area contributed by atoms with Gasteiger partial charge in [0.05, 0.1) is 18.8 Å². The molecule has 0 aliphatic heterocycles. The number of hydrogen-bond acceptors (Lipinski definition) is 2. The van der Waals surface area contributed by atoms with Crippen LogP contribution in [0.25, 0.3) is 22.4 Å². The maximum absolute atomic E-state index is 9.45. The smallest absolute Gasteiger partial charge is 0.119 e. The van der Waals surface area contributed by atoms with Crippen molar-refractivity contribution in [2.24, 2.45) is 0 Å². The summed E-state index contributed by atoms with van der Waals surface area (Å²) in [5, 5.41) is 11.7. The highest BCUT2D eigenvalue weighted by Gasteiger charge is 2.02. The van der Waals surface area contributed by atoms with Gasteiger partial charge in [-0.3, -0.25) is 0 Å². The minimum Gasteiger partial charge on any atom is -0.497 e. The highest BCUT2D eigenvalue weighted by atomic mass is 79.9. The van der Waals surface area contributed by atoms with Gasteiger partial charge in [-0.25, -0.2) is 0 Å². The Morgan fingerprint density at radius 3 is 2.39 bits per heavy atom. The summed E-state index contributed by atoms with van der Waals surface area (Å²) in [7, 11) is 1.66. The molecule has 23 heavy (non-hydrogen) atoms.